The number of hydrogen-bond donors (Lipinski definition) is 1. The molecule has 108 valence electrons. The van der Waals surface area contributed by atoms with Crippen LogP contribution < -0.4 is 4.90 Å². The third kappa shape index (κ3) is 2.69. The standard InChI is InChI=1S/C19H15NO2/c21-14-15-13-18(11-12-19(15)22)20(16-7-3-1-4-8-16)17-9-5-2-6-10-17/h1-14,22H. The van der Waals surface area contributed by atoms with Crippen LogP contribution in [0, 0.1) is 0 Å². The van der Waals surface area contributed by atoms with E-state index in [0.29, 0.717) is 6.29 Å². The topological polar surface area (TPSA) is 40.5 Å². The lowest BCUT2D eigenvalue weighted by atomic mass is 10.1. The molecule has 3 nitrogen and oxygen atoms in total. The van der Waals surface area contributed by atoms with Crippen molar-refractivity contribution in [3.8, 4) is 5.75 Å². The van der Waals surface area contributed by atoms with Gasteiger partial charge in [-0.05, 0) is 42.5 Å². The molecule has 3 aromatic carbocycles. The molecule has 0 aromatic heterocycles. The number of nitrogens with zero attached hydrogens (tertiary/aromatic N) is 1. The van der Waals surface area contributed by atoms with Crippen LogP contribution in [0.3, 0.4) is 0 Å². The van der Waals surface area contributed by atoms with Gasteiger partial charge in [-0.1, -0.05) is 36.4 Å². The van der Waals surface area contributed by atoms with Crippen molar-refractivity contribution >= 4 is 23.3 Å². The van der Waals surface area contributed by atoms with E-state index in [-0.39, 0.29) is 11.3 Å². The summed E-state index contributed by atoms with van der Waals surface area (Å²) in [6, 6.07) is 24.8. The molecule has 0 aliphatic rings. The van der Waals surface area contributed by atoms with Crippen molar-refractivity contribution in [1.29, 1.82) is 0 Å². The van der Waals surface area contributed by atoms with Crippen LogP contribution in [0.1, 0.15) is 10.4 Å². The van der Waals surface area contributed by atoms with Gasteiger partial charge in [0.2, 0.25) is 0 Å². The van der Waals surface area contributed by atoms with Crippen LogP contribution in [0.4, 0.5) is 17.1 Å². The van der Waals surface area contributed by atoms with E-state index in [1.165, 1.54) is 6.07 Å². The Morgan fingerprint density at radius 2 is 1.27 bits per heavy atom. The summed E-state index contributed by atoms with van der Waals surface area (Å²) in [5.41, 5.74) is 3.05. The second kappa shape index (κ2) is 6.14. The van der Waals surface area contributed by atoms with Gasteiger partial charge >= 0.3 is 0 Å². The highest BCUT2D eigenvalue weighted by molar-refractivity contribution is 5.84. The quantitative estimate of drug-likeness (QED) is 0.709. The molecule has 0 unspecified atom stereocenters. The van der Waals surface area contributed by atoms with E-state index in [1.54, 1.807) is 12.1 Å². The van der Waals surface area contributed by atoms with Crippen molar-refractivity contribution in [2.75, 3.05) is 4.90 Å². The van der Waals surface area contributed by atoms with Crippen LogP contribution in [0.5, 0.6) is 5.75 Å². The number of rotatable bonds is 4. The van der Waals surface area contributed by atoms with E-state index in [2.05, 4.69) is 0 Å². The molecule has 0 aliphatic carbocycles. The van der Waals surface area contributed by atoms with Crippen molar-refractivity contribution in [2.45, 2.75) is 0 Å². The molecule has 3 heteroatoms. The van der Waals surface area contributed by atoms with Gasteiger partial charge in [0.15, 0.2) is 6.29 Å². The normalized spacial score (nSPS) is 10.2. The van der Waals surface area contributed by atoms with Crippen LogP contribution in [0.15, 0.2) is 78.9 Å². The fraction of sp³-hybridized carbons (Fsp3) is 0. The van der Waals surface area contributed by atoms with E-state index >= 15 is 0 Å². The highest BCUT2D eigenvalue weighted by Crippen LogP contribution is 2.35. The van der Waals surface area contributed by atoms with Crippen LogP contribution >= 0.6 is 0 Å². The summed E-state index contributed by atoms with van der Waals surface area (Å²) in [4.78, 5) is 13.1. The largest absolute Gasteiger partial charge is 0.507 e. The maximum atomic E-state index is 11.1. The Morgan fingerprint density at radius 3 is 1.77 bits per heavy atom. The predicted molar refractivity (Wildman–Crippen MR) is 88.2 cm³/mol. The molecule has 0 heterocycles. The number of carbonyl (C=O) groups excluding carboxylic acids is 1. The lowest BCUT2D eigenvalue weighted by Gasteiger charge is -2.25. The van der Waals surface area contributed by atoms with Gasteiger partial charge in [0.05, 0.1) is 5.56 Å². The fourth-order valence-corrected chi connectivity index (χ4v) is 2.38. The number of aldehydes is 1. The molecule has 22 heavy (non-hydrogen) atoms. The smallest absolute Gasteiger partial charge is 0.153 e. The number of carbonyl (C=O) groups is 1. The fourth-order valence-electron chi connectivity index (χ4n) is 2.38. The molecule has 0 radical (unpaired) electrons. The zero-order chi connectivity index (χ0) is 15.4. The highest BCUT2D eigenvalue weighted by atomic mass is 16.3. The van der Waals surface area contributed by atoms with Gasteiger partial charge in [-0.25, -0.2) is 0 Å². The average molecular weight is 289 g/mol. The number of aromatic hydroxyl groups is 1. The minimum atomic E-state index is -0.0141. The van der Waals surface area contributed by atoms with E-state index < -0.39 is 0 Å². The third-order valence-corrected chi connectivity index (χ3v) is 3.43. The molecule has 1 N–H and O–H groups in total. The van der Waals surface area contributed by atoms with Crippen molar-refractivity contribution in [3.63, 3.8) is 0 Å². The molecule has 0 amide bonds. The highest BCUT2D eigenvalue weighted by Gasteiger charge is 2.13. The van der Waals surface area contributed by atoms with E-state index in [1.807, 2.05) is 65.6 Å². The van der Waals surface area contributed by atoms with Gasteiger partial charge in [-0.2, -0.15) is 0 Å². The van der Waals surface area contributed by atoms with Crippen LogP contribution in [-0.2, 0) is 0 Å². The van der Waals surface area contributed by atoms with Gasteiger partial charge in [0, 0.05) is 17.1 Å². The molecule has 0 saturated carbocycles. The molecule has 3 aromatic rings. The first-order valence-electron chi connectivity index (χ1n) is 6.98. The molecule has 0 atom stereocenters. The summed E-state index contributed by atoms with van der Waals surface area (Å²) in [5, 5.41) is 9.71. The predicted octanol–water partition coefficient (Wildman–Crippen LogP) is 4.67. The Kier molecular flexibility index (Phi) is 3.88. The van der Waals surface area contributed by atoms with Crippen LogP contribution in [0.25, 0.3) is 0 Å². The first-order chi connectivity index (χ1) is 10.8. The Morgan fingerprint density at radius 1 is 0.727 bits per heavy atom. The first kappa shape index (κ1) is 13.9. The van der Waals surface area contributed by atoms with E-state index in [4.69, 9.17) is 0 Å². The van der Waals surface area contributed by atoms with Gasteiger partial charge < -0.3 is 10.0 Å². The Bertz CT molecular complexity index is 730. The second-order valence-corrected chi connectivity index (χ2v) is 4.87. The lowest BCUT2D eigenvalue weighted by Crippen LogP contribution is -2.09. The number of anilines is 3. The molecule has 0 aliphatic heterocycles. The molecular formula is C19H15NO2. The van der Waals surface area contributed by atoms with E-state index in [0.717, 1.165) is 17.1 Å². The zero-order valence-electron chi connectivity index (χ0n) is 11.9. The zero-order valence-corrected chi connectivity index (χ0v) is 11.9. The van der Waals surface area contributed by atoms with Crippen molar-refractivity contribution in [2.24, 2.45) is 0 Å². The minimum absolute atomic E-state index is 0.0141. The molecule has 0 saturated heterocycles. The monoisotopic (exact) mass is 289 g/mol. The van der Waals surface area contributed by atoms with Crippen LogP contribution in [0.2, 0.25) is 0 Å². The molecular weight excluding hydrogens is 274 g/mol. The summed E-state index contributed by atoms with van der Waals surface area (Å²) >= 11 is 0. The number of benzene rings is 3. The average Bonchev–Trinajstić information content (AvgIpc) is 2.58. The van der Waals surface area contributed by atoms with Gasteiger partial charge in [0.25, 0.3) is 0 Å². The second-order valence-electron chi connectivity index (χ2n) is 4.87. The third-order valence-electron chi connectivity index (χ3n) is 3.43. The number of hydrogen-bond acceptors (Lipinski definition) is 3. The van der Waals surface area contributed by atoms with Crippen molar-refractivity contribution in [3.05, 3.63) is 84.4 Å². The molecule has 3 rings (SSSR count). The lowest BCUT2D eigenvalue weighted by molar-refractivity contribution is 0.112. The molecule has 0 fully saturated rings. The van der Waals surface area contributed by atoms with E-state index in [9.17, 15) is 9.90 Å². The molecule has 0 spiro atoms. The SMILES string of the molecule is O=Cc1cc(N(c2ccccc2)c2ccccc2)ccc1O. The Hall–Kier alpha value is -3.07. The van der Waals surface area contributed by atoms with Gasteiger partial charge in [-0.15, -0.1) is 0 Å². The number of phenolic OH excluding ortho intramolecular Hbond substituents is 1. The molecule has 0 bridgehead atoms. The van der Waals surface area contributed by atoms with Gasteiger partial charge in [0.1, 0.15) is 5.75 Å². The summed E-state index contributed by atoms with van der Waals surface area (Å²) in [6.45, 7) is 0. The maximum Gasteiger partial charge on any atom is 0.153 e. The Balaban J connectivity index is 2.16. The summed E-state index contributed by atoms with van der Waals surface area (Å²) in [6.07, 6.45) is 0.660. The van der Waals surface area contributed by atoms with Crippen molar-refractivity contribution < 1.29 is 9.90 Å². The number of para-hydroxylation sites is 2. The Labute approximate surface area is 129 Å². The number of phenols is 1. The summed E-state index contributed by atoms with van der Waals surface area (Å²) in [5.74, 6) is -0.0141. The van der Waals surface area contributed by atoms with Crippen molar-refractivity contribution in [1.82, 2.24) is 0 Å². The summed E-state index contributed by atoms with van der Waals surface area (Å²) in [7, 11) is 0. The minimum Gasteiger partial charge on any atom is -0.507 e. The van der Waals surface area contributed by atoms with Crippen LogP contribution in [-0.4, -0.2) is 11.4 Å². The first-order valence-corrected chi connectivity index (χ1v) is 6.98. The summed E-state index contributed by atoms with van der Waals surface area (Å²) < 4.78 is 0. The maximum absolute atomic E-state index is 11.1. The van der Waals surface area contributed by atoms with Gasteiger partial charge in [-0.3, -0.25) is 4.79 Å².